The zero-order chi connectivity index (χ0) is 18.7. The summed E-state index contributed by atoms with van der Waals surface area (Å²) >= 11 is 0. The molecule has 2 aromatic heterocycles. The second-order valence-electron chi connectivity index (χ2n) is 5.98. The highest BCUT2D eigenvalue weighted by atomic mass is 16.2. The number of rotatable bonds is 4. The number of aromatic amines is 1. The van der Waals surface area contributed by atoms with Gasteiger partial charge in [-0.15, -0.1) is 0 Å². The lowest BCUT2D eigenvalue weighted by Gasteiger charge is -2.13. The Kier molecular flexibility index (Phi) is 4.67. The maximum Gasteiger partial charge on any atom is 0.264 e. The molecule has 1 aromatic carbocycles. The highest BCUT2D eigenvalue weighted by Crippen LogP contribution is 2.27. The number of nitrogens with zero attached hydrogens (tertiary/aromatic N) is 4. The Morgan fingerprint density at radius 1 is 1.31 bits per heavy atom. The fraction of sp³-hybridized carbons (Fsp3) is 0.158. The minimum absolute atomic E-state index is 0.0883. The quantitative estimate of drug-likeness (QED) is 0.559. The molecule has 3 aromatic rings. The molecule has 0 saturated carbocycles. The third-order valence-corrected chi connectivity index (χ3v) is 4.04. The van der Waals surface area contributed by atoms with Gasteiger partial charge in [-0.2, -0.15) is 5.26 Å². The molecule has 0 atom stereocenters. The number of nitrogens with one attached hydrogen (secondary N) is 2. The molecular formula is C19H18N6O. The van der Waals surface area contributed by atoms with Crippen LogP contribution in [0, 0.1) is 18.3 Å². The van der Waals surface area contributed by atoms with Crippen molar-refractivity contribution in [2.45, 2.75) is 6.92 Å². The van der Waals surface area contributed by atoms with E-state index in [0.717, 1.165) is 27.8 Å². The summed E-state index contributed by atoms with van der Waals surface area (Å²) in [4.78, 5) is 25.0. The van der Waals surface area contributed by atoms with Crippen LogP contribution in [0.5, 0.6) is 0 Å². The van der Waals surface area contributed by atoms with Crippen molar-refractivity contribution < 1.29 is 4.79 Å². The highest BCUT2D eigenvalue weighted by Gasteiger charge is 2.13. The van der Waals surface area contributed by atoms with Crippen molar-refractivity contribution in [2.75, 3.05) is 19.4 Å². The summed E-state index contributed by atoms with van der Waals surface area (Å²) in [6.07, 6.45) is 4.90. The predicted molar refractivity (Wildman–Crippen MR) is 101 cm³/mol. The number of likely N-dealkylation sites (N-methyl/N-ethyl adjacent to an activating group) is 1. The van der Waals surface area contributed by atoms with Crippen molar-refractivity contribution >= 4 is 34.5 Å². The summed E-state index contributed by atoms with van der Waals surface area (Å²) in [7, 11) is 3.24. The Morgan fingerprint density at radius 2 is 2.12 bits per heavy atom. The first-order valence-electron chi connectivity index (χ1n) is 7.99. The number of anilines is 2. The first-order valence-corrected chi connectivity index (χ1v) is 7.99. The molecule has 0 radical (unpaired) electrons. The smallest absolute Gasteiger partial charge is 0.264 e. The van der Waals surface area contributed by atoms with E-state index in [4.69, 9.17) is 0 Å². The van der Waals surface area contributed by atoms with Crippen molar-refractivity contribution in [3.63, 3.8) is 0 Å². The zero-order valence-corrected chi connectivity index (χ0v) is 14.7. The molecule has 26 heavy (non-hydrogen) atoms. The van der Waals surface area contributed by atoms with Crippen LogP contribution < -0.4 is 5.32 Å². The molecule has 3 rings (SSSR count). The van der Waals surface area contributed by atoms with E-state index in [9.17, 15) is 10.1 Å². The minimum atomic E-state index is -0.324. The maximum absolute atomic E-state index is 12.1. The molecule has 0 aliphatic carbocycles. The molecule has 0 spiro atoms. The van der Waals surface area contributed by atoms with Crippen molar-refractivity contribution in [1.29, 1.82) is 5.26 Å². The van der Waals surface area contributed by atoms with Gasteiger partial charge in [0.1, 0.15) is 29.4 Å². The highest BCUT2D eigenvalue weighted by molar-refractivity contribution is 6.01. The average Bonchev–Trinajstić information content (AvgIpc) is 3.11. The number of aromatic nitrogens is 3. The van der Waals surface area contributed by atoms with E-state index in [1.54, 1.807) is 20.2 Å². The largest absolute Gasteiger partial charge is 0.346 e. The number of carbonyl (C=O) groups is 1. The second-order valence-corrected chi connectivity index (χ2v) is 5.98. The molecule has 2 heterocycles. The van der Waals surface area contributed by atoms with Crippen LogP contribution in [0.4, 0.5) is 11.5 Å². The molecule has 0 unspecified atom stereocenters. The van der Waals surface area contributed by atoms with Gasteiger partial charge in [0.15, 0.2) is 0 Å². The number of benzene rings is 1. The molecule has 0 bridgehead atoms. The van der Waals surface area contributed by atoms with E-state index in [2.05, 4.69) is 20.3 Å². The lowest BCUT2D eigenvalue weighted by atomic mass is 10.0. The lowest BCUT2D eigenvalue weighted by molar-refractivity contribution is -0.124. The van der Waals surface area contributed by atoms with Gasteiger partial charge >= 0.3 is 0 Å². The van der Waals surface area contributed by atoms with Crippen molar-refractivity contribution in [2.24, 2.45) is 0 Å². The Hall–Kier alpha value is -3.66. The molecule has 1 amide bonds. The summed E-state index contributed by atoms with van der Waals surface area (Å²) in [6, 6.07) is 9.53. The van der Waals surface area contributed by atoms with Crippen LogP contribution >= 0.6 is 0 Å². The van der Waals surface area contributed by atoms with Crippen LogP contribution in [0.3, 0.4) is 0 Å². The zero-order valence-electron chi connectivity index (χ0n) is 14.7. The first kappa shape index (κ1) is 17.2. The van der Waals surface area contributed by atoms with Gasteiger partial charge in [0.05, 0.1) is 5.39 Å². The van der Waals surface area contributed by atoms with E-state index < -0.39 is 0 Å². The maximum atomic E-state index is 12.1. The Labute approximate surface area is 151 Å². The Morgan fingerprint density at radius 3 is 2.85 bits per heavy atom. The monoisotopic (exact) mass is 346 g/mol. The third-order valence-electron chi connectivity index (χ3n) is 4.04. The van der Waals surface area contributed by atoms with Crippen LogP contribution in [-0.2, 0) is 4.79 Å². The standard InChI is InChI=1S/C19H18N6O/c1-12-13(9-14(10-20)19(26)25(2)3)5-4-6-16(12)24-18-15-7-8-21-17(15)22-11-23-18/h4-9,11H,1-3H3,(H2,21,22,23,24)/b14-9+. The minimum Gasteiger partial charge on any atom is -0.346 e. The molecule has 0 saturated heterocycles. The summed E-state index contributed by atoms with van der Waals surface area (Å²) in [5, 5.41) is 13.5. The SMILES string of the molecule is Cc1c(/C=C(\C#N)C(=O)N(C)C)cccc1Nc1ncnc2[nH]ccc12. The Balaban J connectivity index is 1.99. The average molecular weight is 346 g/mol. The number of hydrogen-bond acceptors (Lipinski definition) is 5. The van der Waals surface area contributed by atoms with Gasteiger partial charge in [-0.05, 0) is 36.3 Å². The molecule has 7 nitrogen and oxygen atoms in total. The molecule has 0 aliphatic rings. The summed E-state index contributed by atoms with van der Waals surface area (Å²) in [6.45, 7) is 1.93. The number of hydrogen-bond donors (Lipinski definition) is 2. The predicted octanol–water partition coefficient (Wildman–Crippen LogP) is 3.01. The van der Waals surface area contributed by atoms with Gasteiger partial charge in [-0.3, -0.25) is 4.79 Å². The van der Waals surface area contributed by atoms with E-state index in [1.807, 2.05) is 43.5 Å². The summed E-state index contributed by atoms with van der Waals surface area (Å²) in [5.74, 6) is 0.362. The number of fused-ring (bicyclic) bond motifs is 1. The van der Waals surface area contributed by atoms with Gasteiger partial charge in [0, 0.05) is 26.0 Å². The number of carbonyl (C=O) groups excluding carboxylic acids is 1. The Bertz CT molecular complexity index is 1040. The number of amides is 1. The van der Waals surface area contributed by atoms with Crippen molar-refractivity contribution in [3.05, 3.63) is 53.5 Å². The molecule has 7 heteroatoms. The van der Waals surface area contributed by atoms with Crippen LogP contribution in [-0.4, -0.2) is 39.9 Å². The van der Waals surface area contributed by atoms with Crippen molar-refractivity contribution in [1.82, 2.24) is 19.9 Å². The van der Waals surface area contributed by atoms with Crippen LogP contribution in [0.1, 0.15) is 11.1 Å². The molecule has 0 aliphatic heterocycles. The number of nitriles is 1. The van der Waals surface area contributed by atoms with E-state index in [0.29, 0.717) is 5.82 Å². The van der Waals surface area contributed by atoms with E-state index >= 15 is 0 Å². The summed E-state index contributed by atoms with van der Waals surface area (Å²) in [5.41, 5.74) is 3.38. The van der Waals surface area contributed by atoms with Gasteiger partial charge in [-0.1, -0.05) is 12.1 Å². The lowest BCUT2D eigenvalue weighted by Crippen LogP contribution is -2.22. The topological polar surface area (TPSA) is 97.7 Å². The van der Waals surface area contributed by atoms with Crippen LogP contribution in [0.15, 0.2) is 42.4 Å². The van der Waals surface area contributed by atoms with Gasteiger partial charge < -0.3 is 15.2 Å². The molecule has 0 fully saturated rings. The van der Waals surface area contributed by atoms with E-state index in [-0.39, 0.29) is 11.5 Å². The fourth-order valence-corrected chi connectivity index (χ4v) is 2.58. The fourth-order valence-electron chi connectivity index (χ4n) is 2.58. The first-order chi connectivity index (χ1) is 12.5. The molecule has 2 N–H and O–H groups in total. The molecular weight excluding hydrogens is 328 g/mol. The number of H-pyrrole nitrogens is 1. The second kappa shape index (κ2) is 7.07. The van der Waals surface area contributed by atoms with Crippen LogP contribution in [0.25, 0.3) is 17.1 Å². The molecule has 130 valence electrons. The van der Waals surface area contributed by atoms with Crippen LogP contribution in [0.2, 0.25) is 0 Å². The van der Waals surface area contributed by atoms with E-state index in [1.165, 1.54) is 11.2 Å². The normalized spacial score (nSPS) is 11.2. The van der Waals surface area contributed by atoms with Gasteiger partial charge in [-0.25, -0.2) is 9.97 Å². The van der Waals surface area contributed by atoms with Crippen molar-refractivity contribution in [3.8, 4) is 6.07 Å². The summed E-state index contributed by atoms with van der Waals surface area (Å²) < 4.78 is 0. The third kappa shape index (κ3) is 3.26. The van der Waals surface area contributed by atoms with Gasteiger partial charge in [0.2, 0.25) is 0 Å². The van der Waals surface area contributed by atoms with Gasteiger partial charge in [0.25, 0.3) is 5.91 Å².